The number of fused-ring (bicyclic) bond motifs is 1. The summed E-state index contributed by atoms with van der Waals surface area (Å²) in [5.74, 6) is 0.604. The second kappa shape index (κ2) is 7.87. The van der Waals surface area contributed by atoms with E-state index in [-0.39, 0.29) is 12.0 Å². The molecule has 4 rings (SSSR count). The average Bonchev–Trinajstić information content (AvgIpc) is 3.40. The van der Waals surface area contributed by atoms with E-state index in [0.717, 1.165) is 46.9 Å². The summed E-state index contributed by atoms with van der Waals surface area (Å²) in [7, 11) is 0. The quantitative estimate of drug-likeness (QED) is 0.624. The zero-order valence-corrected chi connectivity index (χ0v) is 16.8. The highest BCUT2D eigenvalue weighted by molar-refractivity contribution is 7.22. The van der Waals surface area contributed by atoms with E-state index < -0.39 is 0 Å². The lowest BCUT2D eigenvalue weighted by Gasteiger charge is -2.22. The van der Waals surface area contributed by atoms with Gasteiger partial charge in [-0.1, -0.05) is 21.9 Å². The normalized spacial score (nSPS) is 16.7. The summed E-state index contributed by atoms with van der Waals surface area (Å²) in [4.78, 5) is 20.2. The zero-order valence-electron chi connectivity index (χ0n) is 15.2. The molecule has 0 N–H and O–H groups in total. The highest BCUT2D eigenvalue weighted by atomic mass is 32.1. The third-order valence-electron chi connectivity index (χ3n) is 4.40. The molecule has 1 atom stereocenters. The SMILES string of the molecule is CCOc1cccc2sc(N(CC3CCCO3)C(=O)c3snnc3C)nc12. The van der Waals surface area contributed by atoms with Crippen LogP contribution in [0.25, 0.3) is 10.2 Å². The number of ether oxygens (including phenoxy) is 2. The molecular formula is C18H20N4O3S2. The Bertz CT molecular complexity index is 949. The van der Waals surface area contributed by atoms with Crippen molar-refractivity contribution in [3.63, 3.8) is 0 Å². The first kappa shape index (κ1) is 18.3. The number of thiazole rings is 1. The van der Waals surface area contributed by atoms with Gasteiger partial charge in [-0.25, -0.2) is 4.98 Å². The van der Waals surface area contributed by atoms with Crippen molar-refractivity contribution in [2.45, 2.75) is 32.8 Å². The molecule has 0 bridgehead atoms. The van der Waals surface area contributed by atoms with Crippen LogP contribution in [0.2, 0.25) is 0 Å². The Morgan fingerprint density at radius 2 is 2.33 bits per heavy atom. The van der Waals surface area contributed by atoms with Crippen molar-refractivity contribution in [3.8, 4) is 5.75 Å². The minimum atomic E-state index is -0.130. The van der Waals surface area contributed by atoms with Gasteiger partial charge in [-0.15, -0.1) is 5.10 Å². The zero-order chi connectivity index (χ0) is 18.8. The maximum Gasteiger partial charge on any atom is 0.273 e. The first-order chi connectivity index (χ1) is 13.2. The average molecular weight is 405 g/mol. The monoisotopic (exact) mass is 404 g/mol. The fourth-order valence-corrected chi connectivity index (χ4v) is 4.69. The Labute approximate surface area is 165 Å². The van der Waals surface area contributed by atoms with Gasteiger partial charge in [-0.2, -0.15) is 0 Å². The maximum absolute atomic E-state index is 13.2. The predicted molar refractivity (Wildman–Crippen MR) is 106 cm³/mol. The standard InChI is InChI=1S/C18H20N4O3S2/c1-3-24-13-7-4-8-14-15(13)19-18(26-14)22(10-12-6-5-9-25-12)17(23)16-11(2)20-21-27-16/h4,7-8,12H,3,5-6,9-10H2,1-2H3. The number of hydrogen-bond donors (Lipinski definition) is 0. The second-order valence-corrected chi connectivity index (χ2v) is 8.03. The number of hydrogen-bond acceptors (Lipinski definition) is 8. The number of nitrogens with zero attached hydrogens (tertiary/aromatic N) is 4. The van der Waals surface area contributed by atoms with Gasteiger partial charge in [0.15, 0.2) is 5.13 Å². The minimum absolute atomic E-state index is 0.0218. The van der Waals surface area contributed by atoms with E-state index in [9.17, 15) is 4.79 Å². The lowest BCUT2D eigenvalue weighted by Crippen LogP contribution is -2.37. The molecule has 0 aliphatic carbocycles. The molecule has 27 heavy (non-hydrogen) atoms. The minimum Gasteiger partial charge on any atom is -0.492 e. The van der Waals surface area contributed by atoms with Gasteiger partial charge in [0.25, 0.3) is 5.91 Å². The number of aryl methyl sites for hydroxylation is 1. The van der Waals surface area contributed by atoms with E-state index in [0.29, 0.717) is 28.9 Å². The van der Waals surface area contributed by atoms with Crippen molar-refractivity contribution in [1.29, 1.82) is 0 Å². The fraction of sp³-hybridized carbons (Fsp3) is 0.444. The molecule has 1 aliphatic rings. The van der Waals surface area contributed by atoms with E-state index >= 15 is 0 Å². The number of benzene rings is 1. The number of carbonyl (C=O) groups is 1. The number of carbonyl (C=O) groups excluding carboxylic acids is 1. The van der Waals surface area contributed by atoms with E-state index in [4.69, 9.17) is 14.5 Å². The summed E-state index contributed by atoms with van der Waals surface area (Å²) in [6.07, 6.45) is 1.98. The van der Waals surface area contributed by atoms with Crippen LogP contribution in [0.4, 0.5) is 5.13 Å². The molecule has 3 aromatic rings. The van der Waals surface area contributed by atoms with Crippen molar-refractivity contribution in [1.82, 2.24) is 14.6 Å². The third kappa shape index (κ3) is 3.67. The molecule has 1 amide bonds. The van der Waals surface area contributed by atoms with Crippen LogP contribution in [0, 0.1) is 6.92 Å². The fourth-order valence-electron chi connectivity index (χ4n) is 3.09. The van der Waals surface area contributed by atoms with Crippen molar-refractivity contribution in [2.24, 2.45) is 0 Å². The second-order valence-electron chi connectivity index (χ2n) is 6.27. The highest BCUT2D eigenvalue weighted by Gasteiger charge is 2.29. The summed E-state index contributed by atoms with van der Waals surface area (Å²) in [5.41, 5.74) is 1.42. The first-order valence-corrected chi connectivity index (χ1v) is 10.5. The highest BCUT2D eigenvalue weighted by Crippen LogP contribution is 2.35. The van der Waals surface area contributed by atoms with Gasteiger partial charge in [-0.3, -0.25) is 9.69 Å². The number of para-hydroxylation sites is 1. The Morgan fingerprint density at radius 3 is 3.04 bits per heavy atom. The molecule has 0 spiro atoms. The molecule has 1 unspecified atom stereocenters. The van der Waals surface area contributed by atoms with Crippen molar-refractivity contribution in [2.75, 3.05) is 24.7 Å². The number of rotatable bonds is 6. The van der Waals surface area contributed by atoms with E-state index in [1.54, 1.807) is 11.8 Å². The lowest BCUT2D eigenvalue weighted by atomic mass is 10.2. The Hall–Kier alpha value is -2.10. The van der Waals surface area contributed by atoms with Crippen LogP contribution < -0.4 is 9.64 Å². The largest absolute Gasteiger partial charge is 0.492 e. The smallest absolute Gasteiger partial charge is 0.273 e. The van der Waals surface area contributed by atoms with Gasteiger partial charge in [0.1, 0.15) is 16.1 Å². The van der Waals surface area contributed by atoms with Gasteiger partial charge in [-0.05, 0) is 50.4 Å². The van der Waals surface area contributed by atoms with E-state index in [2.05, 4.69) is 9.59 Å². The van der Waals surface area contributed by atoms with Crippen LogP contribution in [0.3, 0.4) is 0 Å². The van der Waals surface area contributed by atoms with Gasteiger partial charge in [0.2, 0.25) is 0 Å². The summed E-state index contributed by atoms with van der Waals surface area (Å²) in [6, 6.07) is 5.84. The topological polar surface area (TPSA) is 77.4 Å². The van der Waals surface area contributed by atoms with Crippen molar-refractivity contribution < 1.29 is 14.3 Å². The Morgan fingerprint density at radius 1 is 1.44 bits per heavy atom. The molecule has 1 aromatic carbocycles. The number of aromatic nitrogens is 3. The molecular weight excluding hydrogens is 384 g/mol. The molecule has 1 fully saturated rings. The Balaban J connectivity index is 1.73. The van der Waals surface area contributed by atoms with Crippen LogP contribution >= 0.6 is 22.9 Å². The first-order valence-electron chi connectivity index (χ1n) is 8.92. The van der Waals surface area contributed by atoms with Crippen molar-refractivity contribution >= 4 is 44.1 Å². The van der Waals surface area contributed by atoms with E-state index in [1.807, 2.05) is 25.1 Å². The molecule has 0 saturated carbocycles. The molecule has 9 heteroatoms. The van der Waals surface area contributed by atoms with Crippen LogP contribution in [-0.4, -0.2) is 46.3 Å². The van der Waals surface area contributed by atoms with Crippen LogP contribution in [0.15, 0.2) is 18.2 Å². The molecule has 1 saturated heterocycles. The molecule has 2 aromatic heterocycles. The molecule has 0 radical (unpaired) electrons. The maximum atomic E-state index is 13.2. The Kier molecular flexibility index (Phi) is 5.33. The molecule has 3 heterocycles. The van der Waals surface area contributed by atoms with E-state index in [1.165, 1.54) is 11.3 Å². The molecule has 142 valence electrons. The summed E-state index contributed by atoms with van der Waals surface area (Å²) in [6.45, 7) is 5.52. The number of amides is 1. The predicted octanol–water partition coefficient (Wildman–Crippen LogP) is 3.68. The van der Waals surface area contributed by atoms with Gasteiger partial charge in [0.05, 0.1) is 29.6 Å². The summed E-state index contributed by atoms with van der Waals surface area (Å²) < 4.78 is 16.4. The third-order valence-corrected chi connectivity index (χ3v) is 6.26. The lowest BCUT2D eigenvalue weighted by molar-refractivity contribution is 0.0920. The van der Waals surface area contributed by atoms with Gasteiger partial charge in [0, 0.05) is 6.61 Å². The molecule has 1 aliphatic heterocycles. The van der Waals surface area contributed by atoms with Crippen LogP contribution in [0.5, 0.6) is 5.75 Å². The number of anilines is 1. The molecule has 7 nitrogen and oxygen atoms in total. The van der Waals surface area contributed by atoms with Crippen LogP contribution in [-0.2, 0) is 4.74 Å². The van der Waals surface area contributed by atoms with Crippen molar-refractivity contribution in [3.05, 3.63) is 28.8 Å². The van der Waals surface area contributed by atoms with Gasteiger partial charge >= 0.3 is 0 Å². The summed E-state index contributed by atoms with van der Waals surface area (Å²) in [5, 5.41) is 4.62. The summed E-state index contributed by atoms with van der Waals surface area (Å²) >= 11 is 2.60. The van der Waals surface area contributed by atoms with Crippen LogP contribution in [0.1, 0.15) is 35.1 Å². The van der Waals surface area contributed by atoms with Gasteiger partial charge < -0.3 is 9.47 Å².